The summed E-state index contributed by atoms with van der Waals surface area (Å²) in [5.41, 5.74) is 0. The second kappa shape index (κ2) is 56.6. The zero-order valence-corrected chi connectivity index (χ0v) is 54.2. The molecule has 0 saturated carbocycles. The van der Waals surface area contributed by atoms with E-state index in [9.17, 15) is 45.6 Å². The summed E-state index contributed by atoms with van der Waals surface area (Å²) in [5, 5.41) is 87.3. The van der Waals surface area contributed by atoms with Crippen LogP contribution < -0.4 is 5.32 Å². The predicted molar refractivity (Wildman–Crippen MR) is 355 cm³/mol. The molecule has 12 atom stereocenters. The number of carbonyl (C=O) groups excluding carboxylic acids is 1. The van der Waals surface area contributed by atoms with Crippen molar-refractivity contribution in [1.82, 2.24) is 5.32 Å². The molecule has 0 spiro atoms. The highest BCUT2D eigenvalue weighted by Gasteiger charge is 2.51. The SMILES string of the molecule is CC/C=C\C/C=C\C/C=C\C/C=C\C/C=C\C/C=C\C/C=C\CCCCCCCCCCCCCCCC(=O)NC(COC1OC(CO)C(OC2OC(CO)C(O)C(O)C2O)C(O)C1O)C(O)/C=C/CC/C=C/CCCCCCCCCCCCCC. The summed E-state index contributed by atoms with van der Waals surface area (Å²) in [5.74, 6) is -0.253. The number of ether oxygens (including phenoxy) is 4. The summed E-state index contributed by atoms with van der Waals surface area (Å²) in [6.07, 6.45) is 64.2. The summed E-state index contributed by atoms with van der Waals surface area (Å²) in [7, 11) is 0. The van der Waals surface area contributed by atoms with E-state index in [0.717, 1.165) is 83.5 Å². The molecule has 2 heterocycles. The van der Waals surface area contributed by atoms with E-state index in [2.05, 4.69) is 116 Å². The number of aliphatic hydroxyl groups is 8. The van der Waals surface area contributed by atoms with Gasteiger partial charge in [-0.05, 0) is 89.9 Å². The van der Waals surface area contributed by atoms with Crippen molar-refractivity contribution in [1.29, 1.82) is 0 Å². The van der Waals surface area contributed by atoms with Crippen molar-refractivity contribution < 1.29 is 64.6 Å². The number of rotatable bonds is 55. The molecule has 2 saturated heterocycles. The molecule has 14 nitrogen and oxygen atoms in total. The van der Waals surface area contributed by atoms with Gasteiger partial charge in [0.1, 0.15) is 48.8 Å². The van der Waals surface area contributed by atoms with E-state index in [1.807, 2.05) is 6.08 Å². The number of aliphatic hydroxyl groups excluding tert-OH is 8. The molecule has 2 aliphatic rings. The Bertz CT molecular complexity index is 1880. The third-order valence-corrected chi connectivity index (χ3v) is 16.2. The summed E-state index contributed by atoms with van der Waals surface area (Å²) in [4.78, 5) is 13.3. The van der Waals surface area contributed by atoms with E-state index in [4.69, 9.17) is 18.9 Å². The lowest BCUT2D eigenvalue weighted by atomic mass is 9.97. The Morgan fingerprint density at radius 3 is 1.26 bits per heavy atom. The number of amides is 1. The van der Waals surface area contributed by atoms with E-state index in [1.54, 1.807) is 6.08 Å². The molecule has 12 unspecified atom stereocenters. The van der Waals surface area contributed by atoms with E-state index >= 15 is 0 Å². The van der Waals surface area contributed by atoms with Crippen LogP contribution >= 0.6 is 0 Å². The van der Waals surface area contributed by atoms with Crippen LogP contribution in [0.2, 0.25) is 0 Å². The second-order valence-corrected chi connectivity index (χ2v) is 23.9. The van der Waals surface area contributed by atoms with Gasteiger partial charge in [-0.25, -0.2) is 0 Å². The molecule has 0 bridgehead atoms. The molecule has 0 aromatic rings. The highest BCUT2D eigenvalue weighted by atomic mass is 16.7. The minimum absolute atomic E-state index is 0.253. The fourth-order valence-corrected chi connectivity index (χ4v) is 10.7. The van der Waals surface area contributed by atoms with E-state index in [1.165, 1.54) is 135 Å². The normalized spacial score (nSPS) is 24.0. The lowest BCUT2D eigenvalue weighted by molar-refractivity contribution is -0.359. The lowest BCUT2D eigenvalue weighted by Gasteiger charge is -2.46. The van der Waals surface area contributed by atoms with Gasteiger partial charge in [0.2, 0.25) is 5.91 Å². The maximum atomic E-state index is 13.3. The Hall–Kier alpha value is -3.35. The molecule has 0 radical (unpaired) electrons. The van der Waals surface area contributed by atoms with Gasteiger partial charge in [0.15, 0.2) is 12.6 Å². The summed E-state index contributed by atoms with van der Waals surface area (Å²) >= 11 is 0. The van der Waals surface area contributed by atoms with Crippen LogP contribution in [0.25, 0.3) is 0 Å². The number of carbonyl (C=O) groups is 1. The average molecular weight is 1220 g/mol. The predicted octanol–water partition coefficient (Wildman–Crippen LogP) is 14.0. The molecule has 2 fully saturated rings. The Morgan fingerprint density at radius 2 is 0.805 bits per heavy atom. The van der Waals surface area contributed by atoms with Crippen LogP contribution in [0.5, 0.6) is 0 Å². The zero-order valence-electron chi connectivity index (χ0n) is 54.2. The molecule has 87 heavy (non-hydrogen) atoms. The van der Waals surface area contributed by atoms with Crippen LogP contribution in [-0.4, -0.2) is 140 Å². The summed E-state index contributed by atoms with van der Waals surface area (Å²) < 4.78 is 22.8. The van der Waals surface area contributed by atoms with Crippen LogP contribution in [0.4, 0.5) is 0 Å². The molecular formula is C73H125NO13. The molecule has 1 amide bonds. The molecule has 14 heteroatoms. The molecular weight excluding hydrogens is 1100 g/mol. The average Bonchev–Trinajstić information content (AvgIpc) is 3.71. The molecule has 0 aliphatic carbocycles. The quantitative estimate of drug-likeness (QED) is 0.0204. The van der Waals surface area contributed by atoms with Gasteiger partial charge >= 0.3 is 0 Å². The summed E-state index contributed by atoms with van der Waals surface area (Å²) in [6, 6.07) is -0.939. The first-order chi connectivity index (χ1) is 42.6. The first kappa shape index (κ1) is 79.7. The third kappa shape index (κ3) is 40.9. The van der Waals surface area contributed by atoms with Gasteiger partial charge in [0.05, 0.1) is 32.0 Å². The highest BCUT2D eigenvalue weighted by Crippen LogP contribution is 2.30. The first-order valence-electron chi connectivity index (χ1n) is 34.6. The Morgan fingerprint density at radius 1 is 0.425 bits per heavy atom. The van der Waals surface area contributed by atoms with Gasteiger partial charge in [-0.15, -0.1) is 0 Å². The third-order valence-electron chi connectivity index (χ3n) is 16.2. The standard InChI is InChI=1S/C73H125NO13/c1-3-5-7-9-11-13-15-17-19-21-23-24-25-26-27-28-29-30-31-32-33-34-35-36-37-38-39-41-43-45-47-49-51-53-55-57-65(78)74-61(62(77)56-54-52-50-48-46-44-42-40-22-20-18-16-14-12-10-8-6-4-2)60-84-72-70(83)68(81)71(64(59-76)86-72)87-73-69(82)67(80)66(79)63(58-75)85-73/h5,7,11,13,17,19,23-24,26-27,29-30,32-33,46,48,54,56,61-64,66-73,75-77,79-83H,3-4,6,8-10,12,14-16,18,20-22,25,28,31,34-45,47,49-53,55,57-60H2,1-2H3,(H,74,78)/b7-5-,13-11-,19-17-,24-23-,27-26-,30-29-,33-32-,48-46+,56-54+. The maximum absolute atomic E-state index is 13.3. The van der Waals surface area contributed by atoms with E-state index < -0.39 is 86.8 Å². The van der Waals surface area contributed by atoms with Crippen LogP contribution in [0.15, 0.2) is 109 Å². The van der Waals surface area contributed by atoms with Crippen molar-refractivity contribution >= 4 is 5.91 Å². The molecule has 2 aliphatic heterocycles. The number of unbranched alkanes of at least 4 members (excludes halogenated alkanes) is 26. The van der Waals surface area contributed by atoms with Gasteiger partial charge in [-0.2, -0.15) is 0 Å². The number of hydrogen-bond donors (Lipinski definition) is 9. The highest BCUT2D eigenvalue weighted by molar-refractivity contribution is 5.76. The van der Waals surface area contributed by atoms with Crippen LogP contribution in [0, 0.1) is 0 Å². The van der Waals surface area contributed by atoms with Gasteiger partial charge in [0.25, 0.3) is 0 Å². The van der Waals surface area contributed by atoms with Gasteiger partial charge < -0.3 is 65.1 Å². The van der Waals surface area contributed by atoms with Gasteiger partial charge in [-0.3, -0.25) is 4.79 Å². The first-order valence-corrected chi connectivity index (χ1v) is 34.6. The Labute approximate surface area is 527 Å². The van der Waals surface area contributed by atoms with Crippen LogP contribution in [0.1, 0.15) is 251 Å². The number of hydrogen-bond acceptors (Lipinski definition) is 13. The number of allylic oxidation sites excluding steroid dienone is 17. The van der Waals surface area contributed by atoms with Crippen molar-refractivity contribution in [2.45, 2.75) is 325 Å². The lowest BCUT2D eigenvalue weighted by Crippen LogP contribution is -2.65. The monoisotopic (exact) mass is 1220 g/mol. The van der Waals surface area contributed by atoms with Gasteiger partial charge in [0, 0.05) is 6.42 Å². The minimum atomic E-state index is -1.80. The number of nitrogens with one attached hydrogen (secondary N) is 1. The van der Waals surface area contributed by atoms with Gasteiger partial charge in [-0.1, -0.05) is 264 Å². The topological polar surface area (TPSA) is 228 Å². The largest absolute Gasteiger partial charge is 0.394 e. The van der Waals surface area contributed by atoms with Crippen molar-refractivity contribution in [3.8, 4) is 0 Å². The van der Waals surface area contributed by atoms with Crippen molar-refractivity contribution in [2.75, 3.05) is 19.8 Å². The zero-order chi connectivity index (χ0) is 63.1. The van der Waals surface area contributed by atoms with Crippen molar-refractivity contribution in [3.63, 3.8) is 0 Å². The summed E-state index contributed by atoms with van der Waals surface area (Å²) in [6.45, 7) is 2.67. The molecule has 0 aromatic heterocycles. The van der Waals surface area contributed by atoms with E-state index in [0.29, 0.717) is 12.8 Å². The molecule has 0 aromatic carbocycles. The maximum Gasteiger partial charge on any atom is 0.220 e. The molecule has 2 rings (SSSR count). The Balaban J connectivity index is 1.66. The van der Waals surface area contributed by atoms with Crippen LogP contribution in [0.3, 0.4) is 0 Å². The second-order valence-electron chi connectivity index (χ2n) is 23.9. The molecule has 9 N–H and O–H groups in total. The Kier molecular flexibility index (Phi) is 51.9. The molecule has 500 valence electrons. The minimum Gasteiger partial charge on any atom is -0.394 e. The fourth-order valence-electron chi connectivity index (χ4n) is 10.7. The smallest absolute Gasteiger partial charge is 0.220 e. The van der Waals surface area contributed by atoms with E-state index in [-0.39, 0.29) is 18.9 Å². The van der Waals surface area contributed by atoms with Crippen molar-refractivity contribution in [2.24, 2.45) is 0 Å². The fraction of sp³-hybridized carbons (Fsp3) is 0.740. The van der Waals surface area contributed by atoms with Crippen LogP contribution in [-0.2, 0) is 23.7 Å². The van der Waals surface area contributed by atoms with Crippen molar-refractivity contribution in [3.05, 3.63) is 109 Å².